The van der Waals surface area contributed by atoms with Gasteiger partial charge in [0.1, 0.15) is 40.7 Å². The third-order valence-corrected chi connectivity index (χ3v) is 30.7. The topological polar surface area (TPSA) is 145 Å². The van der Waals surface area contributed by atoms with Crippen molar-refractivity contribution in [2.24, 2.45) is 0 Å². The fraction of sp³-hybridized carbons (Fsp3) is 0.429. The van der Waals surface area contributed by atoms with E-state index in [2.05, 4.69) is 137 Å². The highest BCUT2D eigenvalue weighted by atomic mass is 19.2. The predicted molar refractivity (Wildman–Crippen MR) is 578 cm³/mol. The van der Waals surface area contributed by atoms with Crippen LogP contribution in [-0.4, -0.2) is 117 Å². The molecule has 3 N–H and O–H groups in total. The molecule has 7 aliphatic rings. The minimum absolute atomic E-state index is 0.00749. The zero-order valence-corrected chi connectivity index (χ0v) is 90.8. The molecule has 0 amide bonds. The highest BCUT2D eigenvalue weighted by Crippen LogP contribution is 2.46. The van der Waals surface area contributed by atoms with E-state index in [1.54, 1.807) is 68.8 Å². The number of aryl methyl sites for hydroxylation is 6. The zero-order chi connectivity index (χ0) is 107. The SMILES string of the molecule is CC(C)(CCc1ccc(F)cc1)N1Cc2ccc(F)cc2C1.CC(C)(CCc1ccc(F)cc1)N1Cc2cccc(F)c2C1.CC(C)Oc1cc(CCC(C)(C)N2Cc3cc4c(cc3C2)OCO4)ccc1O.CC(C)Oc1cc(CCC(C)(C)N2Cc3ccc(F)cc3C2)ccc1O.CC(C)Oc1cc(CCC(C)(C)N2Cc3cccc(F)c3C2)ccc1O.COc1cc2c(cc1OC)CN(C(C)(C)CCc1ccc(F)cc1)C2. The molecule has 0 saturated heterocycles. The lowest BCUT2D eigenvalue weighted by Crippen LogP contribution is -2.40. The van der Waals surface area contributed by atoms with Gasteiger partial charge in [-0.05, 0) is 424 Å². The number of ether oxygens (including phenoxy) is 7. The van der Waals surface area contributed by atoms with Gasteiger partial charge in [0.05, 0.1) is 32.5 Å². The number of methoxy groups -OCH3 is 2. The van der Waals surface area contributed by atoms with Gasteiger partial charge in [0.2, 0.25) is 6.79 Å². The zero-order valence-electron chi connectivity index (χ0n) is 90.8. The van der Waals surface area contributed by atoms with Crippen LogP contribution in [0.15, 0.2) is 224 Å². The van der Waals surface area contributed by atoms with Crippen LogP contribution in [0.3, 0.4) is 0 Å². The van der Waals surface area contributed by atoms with Crippen molar-refractivity contribution in [3.05, 3.63) is 365 Å². The Morgan fingerprint density at radius 1 is 0.255 bits per heavy atom. The Morgan fingerprint density at radius 3 is 0.758 bits per heavy atom. The first-order valence-corrected chi connectivity index (χ1v) is 52.6. The van der Waals surface area contributed by atoms with Crippen molar-refractivity contribution in [3.8, 4) is 57.5 Å². The van der Waals surface area contributed by atoms with E-state index in [1.807, 2.05) is 139 Å². The van der Waals surface area contributed by atoms with E-state index in [-0.39, 0.29) is 110 Å². The molecule has 7 heterocycles. The lowest BCUT2D eigenvalue weighted by Gasteiger charge is -2.35. The van der Waals surface area contributed by atoms with Crippen LogP contribution in [0.2, 0.25) is 0 Å². The van der Waals surface area contributed by atoms with E-state index < -0.39 is 0 Å². The molecule has 12 aromatic rings. The van der Waals surface area contributed by atoms with Crippen LogP contribution in [-0.2, 0) is 117 Å². The second-order valence-electron chi connectivity index (χ2n) is 45.3. The van der Waals surface area contributed by atoms with Gasteiger partial charge >= 0.3 is 0 Å². The van der Waals surface area contributed by atoms with Crippen molar-refractivity contribution in [3.63, 3.8) is 0 Å². The largest absolute Gasteiger partial charge is 0.504 e. The molecule has 7 aliphatic heterocycles. The average molecular weight is 2040 g/mol. The Hall–Kier alpha value is -12.1. The third-order valence-electron chi connectivity index (χ3n) is 30.7. The number of hydrogen-bond acceptors (Lipinski definition) is 16. The van der Waals surface area contributed by atoms with Crippen LogP contribution in [0.1, 0.15) is 263 Å². The molecule has 149 heavy (non-hydrogen) atoms. The van der Waals surface area contributed by atoms with E-state index in [1.165, 1.54) is 93.0 Å². The molecule has 12 aromatic carbocycles. The average Bonchev–Trinajstić information content (AvgIpc) is 1.63. The summed E-state index contributed by atoms with van der Waals surface area (Å²) in [5.41, 5.74) is 20.7. The summed E-state index contributed by atoms with van der Waals surface area (Å²) in [7, 11) is 3.34. The summed E-state index contributed by atoms with van der Waals surface area (Å²) < 4.78 is 133. The summed E-state index contributed by atoms with van der Waals surface area (Å²) >= 11 is 0. The Labute approximate surface area is 879 Å². The van der Waals surface area contributed by atoms with Gasteiger partial charge < -0.3 is 48.5 Å². The molecule has 19 rings (SSSR count). The van der Waals surface area contributed by atoms with Gasteiger partial charge in [0.15, 0.2) is 57.5 Å². The molecule has 0 fully saturated rings. The van der Waals surface area contributed by atoms with Crippen molar-refractivity contribution in [2.45, 2.75) is 332 Å². The second-order valence-corrected chi connectivity index (χ2v) is 45.3. The van der Waals surface area contributed by atoms with Gasteiger partial charge in [0.25, 0.3) is 0 Å². The number of fused-ring (bicyclic) bond motifs is 7. The normalized spacial score (nSPS) is 15.0. The summed E-state index contributed by atoms with van der Waals surface area (Å²) in [4.78, 5) is 14.5. The number of hydrogen-bond donors (Lipinski definition) is 3. The van der Waals surface area contributed by atoms with Crippen molar-refractivity contribution in [1.82, 2.24) is 29.4 Å². The summed E-state index contributed by atoms with van der Waals surface area (Å²) in [6.07, 6.45) is 11.4. The third kappa shape index (κ3) is 30.0. The summed E-state index contributed by atoms with van der Waals surface area (Å²) in [6, 6.07) is 66.3. The molecule has 0 aromatic heterocycles. The van der Waals surface area contributed by atoms with E-state index in [9.17, 15) is 46.1 Å². The maximum absolute atomic E-state index is 14.0. The van der Waals surface area contributed by atoms with Crippen LogP contribution in [0.25, 0.3) is 0 Å². The van der Waals surface area contributed by atoms with Gasteiger partial charge in [-0.2, -0.15) is 0 Å². The molecule has 0 radical (unpaired) electrons. The summed E-state index contributed by atoms with van der Waals surface area (Å²) in [6.45, 7) is 48.8. The van der Waals surface area contributed by atoms with Crippen LogP contribution in [0.5, 0.6) is 57.5 Å². The molecule has 796 valence electrons. The highest BCUT2D eigenvalue weighted by Gasteiger charge is 2.40. The Morgan fingerprint density at radius 2 is 0.490 bits per heavy atom. The molecule has 23 heteroatoms. The van der Waals surface area contributed by atoms with Crippen molar-refractivity contribution in [2.75, 3.05) is 21.0 Å². The number of rotatable bonds is 32. The van der Waals surface area contributed by atoms with E-state index in [4.69, 9.17) is 33.2 Å². The van der Waals surface area contributed by atoms with Gasteiger partial charge in [-0.1, -0.05) is 91.0 Å². The lowest BCUT2D eigenvalue weighted by atomic mass is 9.93. The first-order valence-electron chi connectivity index (χ1n) is 52.6. The standard InChI is InChI=1S/C23H29NO4.2C22H28FNO2.C21H26FNO2.2C19H21F2N/c1-15(2)28-20-9-16(5-6-19(20)25)7-8-23(3,4)24-12-17-10-21-22(27-14-26-21)11-18(17)13-24;1-15(2)26-21-11-16(5-8-20(21)25)9-10-22(3,4)24-13-17-6-7-19(23)12-18(17)14-24;1-15(2)26-21-12-16(8-9-20(21)25)10-11-22(3,4)24-13-17-6-5-7-19(23)18(17)14-24;1-21(2,10-9-15-5-7-18(22)8-6-15)23-13-16-11-19(24-3)20(25-4)12-17(16)14-23;1-19(2,10-9-14-3-6-17(20)7-4-14)22-12-15-5-8-18(21)11-16(15)13-22;1-19(2,11-10-14-6-8-16(20)9-7-14)22-12-15-4-3-5-18(21)17(15)13-22/h5-6,9-11,15,25H,7-8,12-14H2,1-4H3;5-8,11-12,15,25H,9-10,13-14H2,1-4H3;5-9,12,15,25H,10-11,13-14H2,1-4H3;5-8,11-12H,9-10,13-14H2,1-4H3;3-8,11H,9-10,12-13H2,1-2H3;3-9H,10-13H2,1-2H3. The fourth-order valence-corrected chi connectivity index (χ4v) is 20.4. The minimum Gasteiger partial charge on any atom is -0.504 e. The Balaban J connectivity index is 0.000000141. The van der Waals surface area contributed by atoms with Crippen LogP contribution < -0.4 is 33.2 Å². The minimum atomic E-state index is -0.200. The molecular formula is C126H153F7N6O10. The monoisotopic (exact) mass is 2040 g/mol. The summed E-state index contributed by atoms with van der Waals surface area (Å²) in [5, 5.41) is 29.9. The number of phenolic OH excluding ortho intramolecular Hbond substituents is 3. The van der Waals surface area contributed by atoms with E-state index >= 15 is 0 Å². The van der Waals surface area contributed by atoms with Crippen LogP contribution in [0, 0.1) is 40.7 Å². The van der Waals surface area contributed by atoms with E-state index in [0.29, 0.717) is 37.1 Å². The van der Waals surface area contributed by atoms with Crippen molar-refractivity contribution >= 4 is 0 Å². The molecule has 0 saturated carbocycles. The second kappa shape index (κ2) is 48.9. The number of aromatic hydroxyl groups is 3. The molecular weight excluding hydrogens is 1890 g/mol. The Kier molecular flexibility index (Phi) is 36.9. The van der Waals surface area contributed by atoms with Gasteiger partial charge in [-0.25, -0.2) is 30.7 Å². The predicted octanol–water partition coefficient (Wildman–Crippen LogP) is 28.7. The first kappa shape index (κ1) is 113. The maximum Gasteiger partial charge on any atom is 0.231 e. The molecule has 0 bridgehead atoms. The van der Waals surface area contributed by atoms with Gasteiger partial charge in [0, 0.05) is 123 Å². The smallest absolute Gasteiger partial charge is 0.231 e. The number of benzene rings is 12. The van der Waals surface area contributed by atoms with Crippen molar-refractivity contribution in [1.29, 1.82) is 0 Å². The highest BCUT2D eigenvalue weighted by molar-refractivity contribution is 5.52. The van der Waals surface area contributed by atoms with Crippen molar-refractivity contribution < 1.29 is 79.2 Å². The lowest BCUT2D eigenvalue weighted by molar-refractivity contribution is 0.109. The number of halogens is 7. The number of phenols is 3. The van der Waals surface area contributed by atoms with E-state index in [0.717, 1.165) is 221 Å². The molecule has 0 atom stereocenters. The Bertz CT molecular complexity index is 6460. The first-order chi connectivity index (χ1) is 70.6. The molecule has 0 spiro atoms. The summed E-state index contributed by atoms with van der Waals surface area (Å²) in [5.74, 6) is 4.38. The van der Waals surface area contributed by atoms with Gasteiger partial charge in [-0.3, -0.25) is 29.4 Å². The van der Waals surface area contributed by atoms with Gasteiger partial charge in [-0.15, -0.1) is 0 Å². The molecule has 16 nitrogen and oxygen atoms in total. The van der Waals surface area contributed by atoms with Crippen LogP contribution in [0.4, 0.5) is 30.7 Å². The quantitative estimate of drug-likeness (QED) is 0.0344. The maximum atomic E-state index is 14.0. The fourth-order valence-electron chi connectivity index (χ4n) is 20.4. The molecule has 0 aliphatic carbocycles. The van der Waals surface area contributed by atoms with Crippen LogP contribution >= 0.6 is 0 Å². The number of nitrogens with zero attached hydrogens (tertiary/aromatic N) is 6. The molecule has 0 unspecified atom stereocenters.